The van der Waals surface area contributed by atoms with Gasteiger partial charge in [-0.15, -0.1) is 0 Å². The normalized spacial score (nSPS) is 12.7. The minimum absolute atomic E-state index is 0.0392. The van der Waals surface area contributed by atoms with Crippen LogP contribution in [0.25, 0.3) is 0 Å². The monoisotopic (exact) mass is 362 g/mol. The third-order valence-electron chi connectivity index (χ3n) is 3.94. The van der Waals surface area contributed by atoms with Gasteiger partial charge in [-0.2, -0.15) is 0 Å². The van der Waals surface area contributed by atoms with Gasteiger partial charge >= 0.3 is 12.0 Å². The van der Waals surface area contributed by atoms with Gasteiger partial charge in [-0.3, -0.25) is 9.59 Å². The molecule has 1 aliphatic rings. The Hall–Kier alpha value is -3.20. The number of carboxylic acids is 1. The maximum Gasteiger partial charge on any atom is 0.332 e. The van der Waals surface area contributed by atoms with Crippen molar-refractivity contribution in [3.63, 3.8) is 0 Å². The molecule has 26 heavy (non-hydrogen) atoms. The van der Waals surface area contributed by atoms with Gasteiger partial charge in [-0.05, 0) is 17.7 Å². The van der Waals surface area contributed by atoms with E-state index in [1.54, 1.807) is 6.07 Å². The number of aromatic nitrogens is 1. The average molecular weight is 362 g/mol. The first kappa shape index (κ1) is 17.6. The van der Waals surface area contributed by atoms with E-state index >= 15 is 0 Å². The van der Waals surface area contributed by atoms with Crippen LogP contribution in [0, 0.1) is 5.82 Å². The van der Waals surface area contributed by atoms with E-state index in [4.69, 9.17) is 9.84 Å². The molecule has 2 aromatic rings. The summed E-state index contributed by atoms with van der Waals surface area (Å²) in [5.41, 5.74) is 0.0549. The first-order chi connectivity index (χ1) is 12.4. The number of ether oxygens (including phenoxy) is 1. The van der Waals surface area contributed by atoms with Gasteiger partial charge in [0.15, 0.2) is 0 Å². The highest BCUT2D eigenvalue weighted by Gasteiger charge is 2.28. The summed E-state index contributed by atoms with van der Waals surface area (Å²) < 4.78 is 19.3. The summed E-state index contributed by atoms with van der Waals surface area (Å²) in [5, 5.41) is 18.9. The number of nitrogens with zero attached hydrogens (tertiary/aromatic N) is 2. The van der Waals surface area contributed by atoms with Crippen LogP contribution in [-0.2, 0) is 29.3 Å². The van der Waals surface area contributed by atoms with Crippen molar-refractivity contribution in [3.8, 4) is 5.75 Å². The summed E-state index contributed by atoms with van der Waals surface area (Å²) in [6.07, 6.45) is 0. The smallest absolute Gasteiger partial charge is 0.332 e. The van der Waals surface area contributed by atoms with Crippen LogP contribution < -0.4 is 5.56 Å². The number of rotatable bonds is 4. The summed E-state index contributed by atoms with van der Waals surface area (Å²) in [6.45, 7) is -0.909. The van der Waals surface area contributed by atoms with E-state index in [1.807, 2.05) is 0 Å². The Bertz CT molecular complexity index is 939. The molecule has 2 heterocycles. The Labute approximate surface area is 146 Å². The number of hydrogen-bond acceptors (Lipinski definition) is 5. The fraction of sp³-hybridized carbons (Fsp3) is 0.235. The van der Waals surface area contributed by atoms with Crippen molar-refractivity contribution < 1.29 is 28.9 Å². The molecule has 136 valence electrons. The lowest BCUT2D eigenvalue weighted by atomic mass is 10.2. The van der Waals surface area contributed by atoms with Crippen LogP contribution in [0.15, 0.2) is 35.1 Å². The van der Waals surface area contributed by atoms with E-state index < -0.39 is 29.9 Å². The highest BCUT2D eigenvalue weighted by molar-refractivity contribution is 5.82. The molecule has 0 spiro atoms. The van der Waals surface area contributed by atoms with E-state index in [-0.39, 0.29) is 31.2 Å². The van der Waals surface area contributed by atoms with Crippen molar-refractivity contribution in [2.45, 2.75) is 19.8 Å². The van der Waals surface area contributed by atoms with Crippen molar-refractivity contribution in [2.24, 2.45) is 0 Å². The Balaban J connectivity index is 2.00. The van der Waals surface area contributed by atoms with Gasteiger partial charge in [-0.25, -0.2) is 13.8 Å². The molecule has 1 aliphatic heterocycles. The highest BCUT2D eigenvalue weighted by Crippen LogP contribution is 2.26. The number of pyridine rings is 1. The molecule has 3 rings (SSSR count). The molecule has 8 nitrogen and oxygen atoms in total. The third kappa shape index (κ3) is 3.42. The number of hydrogen-bond donors (Lipinski definition) is 2. The van der Waals surface area contributed by atoms with Gasteiger partial charge in [0.2, 0.25) is 0 Å². The van der Waals surface area contributed by atoms with Crippen LogP contribution in [0.5, 0.6) is 5.75 Å². The summed E-state index contributed by atoms with van der Waals surface area (Å²) in [5.74, 6) is -2.09. The molecule has 0 radical (unpaired) electrons. The van der Waals surface area contributed by atoms with Crippen molar-refractivity contribution in [3.05, 3.63) is 63.3 Å². The number of aromatic hydroxyl groups is 1. The fourth-order valence-electron chi connectivity index (χ4n) is 2.80. The van der Waals surface area contributed by atoms with Crippen LogP contribution >= 0.6 is 0 Å². The lowest BCUT2D eigenvalue weighted by Gasteiger charge is -2.23. The zero-order valence-corrected chi connectivity index (χ0v) is 13.5. The summed E-state index contributed by atoms with van der Waals surface area (Å²) in [4.78, 5) is 37.2. The molecule has 2 N–H and O–H groups in total. The lowest BCUT2D eigenvalue weighted by molar-refractivity contribution is -0.137. The number of carbonyl (C=O) groups excluding carboxylic acids is 1. The van der Waals surface area contributed by atoms with Crippen molar-refractivity contribution in [2.75, 3.05) is 6.54 Å². The number of carboxylic acid groups (broad SMARTS) is 1. The number of carbonyl (C=O) groups is 2. The zero-order chi connectivity index (χ0) is 18.8. The van der Waals surface area contributed by atoms with Crippen molar-refractivity contribution in [1.29, 1.82) is 0 Å². The number of amides is 1. The Morgan fingerprint density at radius 1 is 1.27 bits per heavy atom. The quantitative estimate of drug-likeness (QED) is 0.848. The molecule has 9 heteroatoms. The van der Waals surface area contributed by atoms with E-state index in [1.165, 1.54) is 18.2 Å². The van der Waals surface area contributed by atoms with Crippen LogP contribution in [0.4, 0.5) is 9.18 Å². The predicted octanol–water partition coefficient (Wildman–Crippen LogP) is 1.28. The molecule has 0 bridgehead atoms. The Morgan fingerprint density at radius 2 is 2.04 bits per heavy atom. The average Bonchev–Trinajstić information content (AvgIpc) is 3.03. The highest BCUT2D eigenvalue weighted by atomic mass is 19.1. The molecule has 1 aromatic carbocycles. The fourth-order valence-corrected chi connectivity index (χ4v) is 2.80. The topological polar surface area (TPSA) is 109 Å². The molecule has 0 saturated heterocycles. The predicted molar refractivity (Wildman–Crippen MR) is 86.1 cm³/mol. The van der Waals surface area contributed by atoms with Gasteiger partial charge < -0.3 is 19.8 Å². The molecule has 1 aromatic heterocycles. The van der Waals surface area contributed by atoms with Crippen LogP contribution in [0.2, 0.25) is 0 Å². The van der Waals surface area contributed by atoms with Crippen molar-refractivity contribution >= 4 is 12.0 Å². The molecule has 0 saturated carbocycles. The van der Waals surface area contributed by atoms with Crippen LogP contribution in [-0.4, -0.2) is 38.2 Å². The summed E-state index contributed by atoms with van der Waals surface area (Å²) in [7, 11) is 0. The van der Waals surface area contributed by atoms with Gasteiger partial charge in [0.05, 0.1) is 18.9 Å². The second kappa shape index (κ2) is 6.96. The Kier molecular flexibility index (Phi) is 4.72. The van der Waals surface area contributed by atoms with Crippen LogP contribution in [0.3, 0.4) is 0 Å². The maximum absolute atomic E-state index is 13.4. The molecule has 0 unspecified atom stereocenters. The molecule has 1 amide bonds. The summed E-state index contributed by atoms with van der Waals surface area (Å²) >= 11 is 0. The minimum Gasteiger partial charge on any atom is -0.507 e. The molecule has 0 atom stereocenters. The van der Waals surface area contributed by atoms with Gasteiger partial charge in [0.1, 0.15) is 18.1 Å². The first-order valence-corrected chi connectivity index (χ1v) is 7.67. The second-order valence-corrected chi connectivity index (χ2v) is 5.78. The van der Waals surface area contributed by atoms with Gasteiger partial charge in [0.25, 0.3) is 5.56 Å². The second-order valence-electron chi connectivity index (χ2n) is 5.78. The van der Waals surface area contributed by atoms with Crippen molar-refractivity contribution in [1.82, 2.24) is 9.47 Å². The van der Waals surface area contributed by atoms with E-state index in [0.717, 1.165) is 15.5 Å². The standard InChI is InChI=1S/C17H15FN2O6/c18-11-3-1-2-10(4-11)6-19(7-16(23)24)17(25)20-13-9-26-8-12(13)14(21)5-15(20)22/h1-5,21H,6-9H2,(H,23,24). The minimum atomic E-state index is -1.28. The molecule has 0 aliphatic carbocycles. The maximum atomic E-state index is 13.4. The van der Waals surface area contributed by atoms with Gasteiger partial charge in [-0.1, -0.05) is 12.1 Å². The third-order valence-corrected chi connectivity index (χ3v) is 3.94. The number of aliphatic carboxylic acids is 1. The molecule has 0 fully saturated rings. The van der Waals surface area contributed by atoms with E-state index in [9.17, 15) is 23.9 Å². The van der Waals surface area contributed by atoms with E-state index in [0.29, 0.717) is 11.1 Å². The Morgan fingerprint density at radius 3 is 2.73 bits per heavy atom. The largest absolute Gasteiger partial charge is 0.507 e. The number of benzene rings is 1. The van der Waals surface area contributed by atoms with Gasteiger partial charge in [0, 0.05) is 18.2 Å². The molecular weight excluding hydrogens is 347 g/mol. The zero-order valence-electron chi connectivity index (χ0n) is 13.5. The summed E-state index contributed by atoms with van der Waals surface area (Å²) in [6, 6.07) is 5.37. The lowest BCUT2D eigenvalue weighted by Crippen LogP contribution is -2.43. The van der Waals surface area contributed by atoms with Crippen LogP contribution in [0.1, 0.15) is 16.8 Å². The number of halogens is 1. The number of fused-ring (bicyclic) bond motifs is 1. The SMILES string of the molecule is O=C(O)CN(Cc1cccc(F)c1)C(=O)n1c2c(c(O)cc1=O)COC2. The van der Waals surface area contributed by atoms with E-state index in [2.05, 4.69) is 0 Å². The first-order valence-electron chi connectivity index (χ1n) is 7.67. The molecular formula is C17H15FN2O6.